The van der Waals surface area contributed by atoms with Crippen molar-refractivity contribution >= 4 is 20.3 Å². The van der Waals surface area contributed by atoms with E-state index in [1.807, 2.05) is 0 Å². The smallest absolute Gasteiger partial charge is 1.00 e. The van der Waals surface area contributed by atoms with Gasteiger partial charge in [0.05, 0.1) is 0 Å². The van der Waals surface area contributed by atoms with Gasteiger partial charge in [-0.05, 0) is 0 Å². The summed E-state index contributed by atoms with van der Waals surface area (Å²) in [6, 6.07) is 22.5. The van der Waals surface area contributed by atoms with Gasteiger partial charge in [-0.1, -0.05) is 58.3 Å². The van der Waals surface area contributed by atoms with Gasteiger partial charge in [-0.2, -0.15) is 0 Å². The molecule has 0 amide bonds. The first-order chi connectivity index (χ1) is 18.7. The van der Waals surface area contributed by atoms with E-state index < -0.39 is 9.52 Å². The Morgan fingerprint density at radius 1 is 0.585 bits per heavy atom. The zero-order valence-corrected chi connectivity index (χ0v) is 31.0. The number of halogens is 3. The van der Waals surface area contributed by atoms with E-state index in [0.29, 0.717) is 5.92 Å². The molecule has 1 unspecified atom stereocenters. The summed E-state index contributed by atoms with van der Waals surface area (Å²) in [6.07, 6.45) is 24.4. The van der Waals surface area contributed by atoms with Crippen LogP contribution < -0.4 is 42.4 Å². The second-order valence-corrected chi connectivity index (χ2v) is 14.3. The molecule has 2 aromatic carbocycles. The number of allylic oxidation sites excluding steroid dienone is 4. The van der Waals surface area contributed by atoms with Crippen LogP contribution in [-0.2, 0) is 20.4 Å². The largest absolute Gasteiger partial charge is 1.00 e. The van der Waals surface area contributed by atoms with Crippen LogP contribution in [0.1, 0.15) is 129 Å². The zero-order chi connectivity index (χ0) is 26.8. The fraction of sp³-hybridized carbons (Fsp3) is 0.556. The minimum absolute atomic E-state index is 0. The van der Waals surface area contributed by atoms with Crippen molar-refractivity contribution in [3.8, 4) is 0 Å². The first-order valence-electron chi connectivity index (χ1n) is 16.0. The third-order valence-electron chi connectivity index (χ3n) is 8.55. The van der Waals surface area contributed by atoms with E-state index in [1.165, 1.54) is 115 Å². The van der Waals surface area contributed by atoms with Crippen LogP contribution in [0, 0.1) is 5.92 Å². The van der Waals surface area contributed by atoms with Gasteiger partial charge in [0.2, 0.25) is 0 Å². The van der Waals surface area contributed by atoms with Gasteiger partial charge in [0.25, 0.3) is 0 Å². The molecule has 5 heteroatoms. The van der Waals surface area contributed by atoms with Crippen LogP contribution in [-0.4, -0.2) is 9.52 Å². The van der Waals surface area contributed by atoms with Crippen LogP contribution in [0.2, 0.25) is 0 Å². The van der Waals surface area contributed by atoms with Crippen LogP contribution in [0.5, 0.6) is 0 Å². The van der Waals surface area contributed by atoms with Gasteiger partial charge in [0.15, 0.2) is 0 Å². The molecule has 1 aliphatic rings. The monoisotopic (exact) mass is 666 g/mol. The molecular formula is C36H53Cl3SiTi. The molecule has 0 saturated carbocycles. The van der Waals surface area contributed by atoms with Gasteiger partial charge < -0.3 is 37.2 Å². The molecule has 0 bridgehead atoms. The topological polar surface area (TPSA) is 0 Å². The van der Waals surface area contributed by atoms with E-state index in [4.69, 9.17) is 0 Å². The Balaban J connectivity index is 0.00000533. The summed E-state index contributed by atoms with van der Waals surface area (Å²) in [4.78, 5) is 0. The number of hydrogen-bond donors (Lipinski definition) is 0. The predicted molar refractivity (Wildman–Crippen MR) is 168 cm³/mol. The molecule has 0 N–H and O–H groups in total. The van der Waals surface area contributed by atoms with Crippen molar-refractivity contribution in [3.05, 3.63) is 80.9 Å². The van der Waals surface area contributed by atoms with E-state index in [0.717, 1.165) is 0 Å². The first kappa shape index (κ1) is 40.7. The van der Waals surface area contributed by atoms with E-state index >= 15 is 0 Å². The van der Waals surface area contributed by atoms with E-state index in [2.05, 4.69) is 94.9 Å². The van der Waals surface area contributed by atoms with E-state index in [-0.39, 0.29) is 37.2 Å². The Labute approximate surface area is 285 Å². The van der Waals surface area contributed by atoms with Crippen molar-refractivity contribution in [1.29, 1.82) is 0 Å². The summed E-state index contributed by atoms with van der Waals surface area (Å²) in [5.41, 5.74) is 4.65. The maximum atomic E-state index is 2.42. The Morgan fingerprint density at radius 2 is 1.00 bits per heavy atom. The average molecular weight is 668 g/mol. The van der Waals surface area contributed by atoms with Gasteiger partial charge in [-0.3, -0.25) is 0 Å². The molecule has 0 nitrogen and oxygen atoms in total. The SMILES string of the molecule is CCCCCCCCCCCCCCCCCCC1C(C)=[C]([Ti+3])C(c2ccccc2)=C1[SiH2]c1ccccc1.[Cl-].[Cl-].[Cl-]. The second-order valence-electron chi connectivity index (χ2n) is 11.6. The summed E-state index contributed by atoms with van der Waals surface area (Å²) in [5.74, 6) is 0.670. The Hall–Kier alpha value is -0.279. The Kier molecular flexibility index (Phi) is 24.9. The summed E-state index contributed by atoms with van der Waals surface area (Å²) in [6.45, 7) is 4.72. The van der Waals surface area contributed by atoms with Crippen LogP contribution in [0.3, 0.4) is 0 Å². The van der Waals surface area contributed by atoms with Crippen LogP contribution in [0.15, 0.2) is 75.3 Å². The zero-order valence-electron chi connectivity index (χ0n) is 25.7. The molecule has 0 fully saturated rings. The molecule has 0 radical (unpaired) electrons. The van der Waals surface area contributed by atoms with Crippen LogP contribution >= 0.6 is 0 Å². The molecule has 3 rings (SSSR count). The van der Waals surface area contributed by atoms with Gasteiger partial charge in [-0.25, -0.2) is 0 Å². The number of rotatable bonds is 20. The van der Waals surface area contributed by atoms with Crippen molar-refractivity contribution in [2.75, 3.05) is 0 Å². The second kappa shape index (κ2) is 25.1. The molecule has 1 aliphatic carbocycles. The summed E-state index contributed by atoms with van der Waals surface area (Å²) >= 11 is 2.38. The third-order valence-corrected chi connectivity index (χ3v) is 11.7. The van der Waals surface area contributed by atoms with Crippen molar-refractivity contribution in [2.45, 2.75) is 123 Å². The molecule has 1 atom stereocenters. The summed E-state index contributed by atoms with van der Waals surface area (Å²) < 4.78 is 1.55. The van der Waals surface area contributed by atoms with Gasteiger partial charge in [-0.15, -0.1) is 0 Å². The van der Waals surface area contributed by atoms with E-state index in [9.17, 15) is 0 Å². The fourth-order valence-corrected chi connectivity index (χ4v) is 9.50. The summed E-state index contributed by atoms with van der Waals surface area (Å²) in [5, 5.41) is 3.37. The van der Waals surface area contributed by atoms with Gasteiger partial charge in [0.1, 0.15) is 0 Å². The molecule has 41 heavy (non-hydrogen) atoms. The molecular weight excluding hydrogens is 615 g/mol. The maximum Gasteiger partial charge on any atom is -1.00 e. The molecule has 0 saturated heterocycles. The first-order valence-corrected chi connectivity index (χ1v) is 18.2. The predicted octanol–water partition coefficient (Wildman–Crippen LogP) is 1.01. The molecule has 0 heterocycles. The fourth-order valence-electron chi connectivity index (χ4n) is 6.22. The molecule has 0 aromatic heterocycles. The van der Waals surface area contributed by atoms with Gasteiger partial charge in [0, 0.05) is 0 Å². The van der Waals surface area contributed by atoms with Crippen molar-refractivity contribution in [2.24, 2.45) is 5.92 Å². The third kappa shape index (κ3) is 14.8. The molecule has 2 aromatic rings. The quantitative estimate of drug-likeness (QED) is 0.146. The molecule has 0 aliphatic heterocycles. The Bertz CT molecular complexity index is 975. The van der Waals surface area contributed by atoms with Crippen LogP contribution in [0.25, 0.3) is 5.57 Å². The maximum absolute atomic E-state index is 2.42. The minimum atomic E-state index is -0.466. The van der Waals surface area contributed by atoms with E-state index in [1.54, 1.807) is 25.4 Å². The van der Waals surface area contributed by atoms with Crippen LogP contribution in [0.4, 0.5) is 0 Å². The van der Waals surface area contributed by atoms with Crippen molar-refractivity contribution in [1.82, 2.24) is 0 Å². The number of unbranched alkanes of at least 4 members (excludes halogenated alkanes) is 15. The normalized spacial score (nSPS) is 14.8. The number of hydrogen-bond acceptors (Lipinski definition) is 0. The Morgan fingerprint density at radius 3 is 1.46 bits per heavy atom. The van der Waals surface area contributed by atoms with Gasteiger partial charge >= 0.3 is 192 Å². The molecule has 226 valence electrons. The summed E-state index contributed by atoms with van der Waals surface area (Å²) in [7, 11) is -0.466. The minimum Gasteiger partial charge on any atom is -1.00 e. The molecule has 0 spiro atoms. The number of benzene rings is 2. The van der Waals surface area contributed by atoms with Crippen molar-refractivity contribution < 1.29 is 57.7 Å². The average Bonchev–Trinajstić information content (AvgIpc) is 3.17. The van der Waals surface area contributed by atoms with Crippen molar-refractivity contribution in [3.63, 3.8) is 0 Å². The standard InChI is InChI=1S/C36H53Si.3ClH.Ti/c1-3-4-5-6-7-8-9-10-11-12-13-14-15-16-17-24-29-34-31(2)30-35(32-25-20-18-21-26-32)36(34)37-33-27-22-19-23-28-33;;;;/h18-23,25-28,34H,3-17,24,29,37H2,1-2H3;3*1H;/q;;;;+3/p-3.